The lowest BCUT2D eigenvalue weighted by Crippen LogP contribution is -2.43. The number of nitrogens with one attached hydrogen (secondary N) is 1. The molecule has 1 saturated carbocycles. The Kier molecular flexibility index (Phi) is 4.22. The largest absolute Gasteiger partial charge is 0.471 e. The van der Waals surface area contributed by atoms with E-state index in [0.29, 0.717) is 18.5 Å². The first-order chi connectivity index (χ1) is 10.2. The van der Waals surface area contributed by atoms with Crippen molar-refractivity contribution < 1.29 is 9.53 Å². The summed E-state index contributed by atoms with van der Waals surface area (Å²) in [5.41, 5.74) is 0.867. The van der Waals surface area contributed by atoms with Crippen LogP contribution in [0.5, 0.6) is 5.88 Å². The highest BCUT2D eigenvalue weighted by Gasteiger charge is 2.29. The molecule has 1 aliphatic carbocycles. The number of hydrogen-bond acceptors (Lipinski definition) is 4. The average molecular weight is 290 g/mol. The van der Waals surface area contributed by atoms with Crippen molar-refractivity contribution in [3.8, 4) is 5.88 Å². The van der Waals surface area contributed by atoms with Crippen LogP contribution in [0.3, 0.4) is 0 Å². The zero-order chi connectivity index (χ0) is 14.7. The second-order valence-electron chi connectivity index (χ2n) is 5.92. The molecule has 6 heteroatoms. The maximum Gasteiger partial charge on any atom is 0.317 e. The first-order valence-corrected chi connectivity index (χ1v) is 7.73. The van der Waals surface area contributed by atoms with E-state index in [4.69, 9.17) is 4.74 Å². The summed E-state index contributed by atoms with van der Waals surface area (Å²) in [5, 5.41) is 11.1. The van der Waals surface area contributed by atoms with Gasteiger partial charge in [-0.2, -0.15) is 5.10 Å². The van der Waals surface area contributed by atoms with Gasteiger partial charge in [-0.1, -0.05) is 12.8 Å². The standard InChI is InChI=1S/C15H22N4O2/c1-11-6-7-14(18-17-11)21-13-8-9-19(10-13)15(20)16-12-4-2-3-5-12/h6-7,12-13H,2-5,8-10H2,1H3,(H,16,20). The summed E-state index contributed by atoms with van der Waals surface area (Å²) in [7, 11) is 0. The molecule has 1 N–H and O–H groups in total. The van der Waals surface area contributed by atoms with Crippen LogP contribution in [-0.2, 0) is 0 Å². The number of hydrogen-bond donors (Lipinski definition) is 1. The van der Waals surface area contributed by atoms with E-state index in [0.717, 1.165) is 31.5 Å². The van der Waals surface area contributed by atoms with Crippen LogP contribution in [0.4, 0.5) is 4.79 Å². The van der Waals surface area contributed by atoms with Gasteiger partial charge in [0.05, 0.1) is 12.2 Å². The Bertz CT molecular complexity index is 485. The van der Waals surface area contributed by atoms with Crippen LogP contribution >= 0.6 is 0 Å². The summed E-state index contributed by atoms with van der Waals surface area (Å²) in [6, 6.07) is 4.11. The third kappa shape index (κ3) is 3.62. The van der Waals surface area contributed by atoms with Gasteiger partial charge >= 0.3 is 6.03 Å². The molecular weight excluding hydrogens is 268 g/mol. The van der Waals surface area contributed by atoms with E-state index in [-0.39, 0.29) is 12.1 Å². The van der Waals surface area contributed by atoms with Crippen molar-refractivity contribution in [3.05, 3.63) is 17.8 Å². The Hall–Kier alpha value is -1.85. The molecule has 0 aromatic carbocycles. The number of rotatable bonds is 3. The summed E-state index contributed by atoms with van der Waals surface area (Å²) < 4.78 is 5.79. The second kappa shape index (κ2) is 6.28. The third-order valence-corrected chi connectivity index (χ3v) is 4.18. The number of nitrogens with zero attached hydrogens (tertiary/aromatic N) is 3. The first kappa shape index (κ1) is 14.1. The molecule has 0 bridgehead atoms. The SMILES string of the molecule is Cc1ccc(OC2CCN(C(=O)NC3CCCC3)C2)nn1. The van der Waals surface area contributed by atoms with E-state index in [2.05, 4.69) is 15.5 Å². The molecule has 1 aromatic rings. The Labute approximate surface area is 124 Å². The predicted molar refractivity (Wildman–Crippen MR) is 78.2 cm³/mol. The van der Waals surface area contributed by atoms with Gasteiger partial charge in [0.25, 0.3) is 0 Å². The molecule has 6 nitrogen and oxygen atoms in total. The lowest BCUT2D eigenvalue weighted by Gasteiger charge is -2.20. The van der Waals surface area contributed by atoms with Crippen molar-refractivity contribution >= 4 is 6.03 Å². The number of amides is 2. The highest BCUT2D eigenvalue weighted by Crippen LogP contribution is 2.20. The average Bonchev–Trinajstić information content (AvgIpc) is 3.13. The molecule has 2 heterocycles. The van der Waals surface area contributed by atoms with Crippen molar-refractivity contribution in [2.24, 2.45) is 0 Å². The third-order valence-electron chi connectivity index (χ3n) is 4.18. The monoisotopic (exact) mass is 290 g/mol. The van der Waals surface area contributed by atoms with Gasteiger partial charge in [-0.3, -0.25) is 0 Å². The summed E-state index contributed by atoms with van der Waals surface area (Å²) in [6.45, 7) is 3.25. The zero-order valence-corrected chi connectivity index (χ0v) is 12.4. The van der Waals surface area contributed by atoms with E-state index >= 15 is 0 Å². The molecule has 1 saturated heterocycles. The smallest absolute Gasteiger partial charge is 0.317 e. The van der Waals surface area contributed by atoms with Gasteiger partial charge < -0.3 is 15.0 Å². The molecule has 1 unspecified atom stereocenters. The van der Waals surface area contributed by atoms with E-state index in [1.807, 2.05) is 24.0 Å². The summed E-state index contributed by atoms with van der Waals surface area (Å²) in [5.74, 6) is 0.531. The molecule has 0 radical (unpaired) electrons. The molecule has 114 valence electrons. The number of aromatic nitrogens is 2. The van der Waals surface area contributed by atoms with Gasteiger partial charge in [-0.25, -0.2) is 4.79 Å². The minimum Gasteiger partial charge on any atom is -0.471 e. The minimum atomic E-state index is 0.0105. The van der Waals surface area contributed by atoms with Crippen LogP contribution in [-0.4, -0.2) is 46.4 Å². The van der Waals surface area contributed by atoms with Crippen LogP contribution in [0, 0.1) is 6.92 Å². The highest BCUT2D eigenvalue weighted by atomic mass is 16.5. The Morgan fingerprint density at radius 3 is 2.81 bits per heavy atom. The van der Waals surface area contributed by atoms with Crippen molar-refractivity contribution in [3.63, 3.8) is 0 Å². The minimum absolute atomic E-state index is 0.0105. The lowest BCUT2D eigenvalue weighted by atomic mass is 10.2. The lowest BCUT2D eigenvalue weighted by molar-refractivity contribution is 0.180. The number of ether oxygens (including phenoxy) is 1. The summed E-state index contributed by atoms with van der Waals surface area (Å²) in [6.07, 6.45) is 5.52. The van der Waals surface area contributed by atoms with Crippen LogP contribution in [0.1, 0.15) is 37.8 Å². The second-order valence-corrected chi connectivity index (χ2v) is 5.92. The van der Waals surface area contributed by atoms with Gasteiger partial charge in [0.1, 0.15) is 6.10 Å². The number of urea groups is 1. The van der Waals surface area contributed by atoms with Crippen LogP contribution in [0.15, 0.2) is 12.1 Å². The van der Waals surface area contributed by atoms with E-state index in [1.165, 1.54) is 12.8 Å². The Morgan fingerprint density at radius 1 is 1.29 bits per heavy atom. The van der Waals surface area contributed by atoms with Gasteiger partial charge in [-0.15, -0.1) is 5.10 Å². The zero-order valence-electron chi connectivity index (χ0n) is 12.4. The highest BCUT2D eigenvalue weighted by molar-refractivity contribution is 5.74. The van der Waals surface area contributed by atoms with Gasteiger partial charge in [0, 0.05) is 25.1 Å². The van der Waals surface area contributed by atoms with E-state index < -0.39 is 0 Å². The van der Waals surface area contributed by atoms with Crippen molar-refractivity contribution in [2.45, 2.75) is 51.2 Å². The molecule has 2 aliphatic rings. The predicted octanol–water partition coefficient (Wildman–Crippen LogP) is 1.89. The fourth-order valence-corrected chi connectivity index (χ4v) is 2.97. The number of carbonyl (C=O) groups is 1. The molecule has 0 spiro atoms. The maximum atomic E-state index is 12.2. The normalized spacial score (nSPS) is 22.5. The quantitative estimate of drug-likeness (QED) is 0.923. The van der Waals surface area contributed by atoms with E-state index in [9.17, 15) is 4.79 Å². The molecular formula is C15H22N4O2. The molecule has 3 rings (SSSR count). The maximum absolute atomic E-state index is 12.2. The van der Waals surface area contributed by atoms with Crippen LogP contribution < -0.4 is 10.1 Å². The Balaban J connectivity index is 1.48. The van der Waals surface area contributed by atoms with Gasteiger partial charge in [0.15, 0.2) is 0 Å². The molecule has 21 heavy (non-hydrogen) atoms. The first-order valence-electron chi connectivity index (χ1n) is 7.73. The molecule has 1 aliphatic heterocycles. The summed E-state index contributed by atoms with van der Waals surface area (Å²) in [4.78, 5) is 14.0. The Morgan fingerprint density at radius 2 is 2.10 bits per heavy atom. The van der Waals surface area contributed by atoms with Gasteiger partial charge in [-0.05, 0) is 25.8 Å². The van der Waals surface area contributed by atoms with E-state index in [1.54, 1.807) is 0 Å². The fourth-order valence-electron chi connectivity index (χ4n) is 2.97. The molecule has 1 aromatic heterocycles. The topological polar surface area (TPSA) is 67.3 Å². The van der Waals surface area contributed by atoms with Crippen molar-refractivity contribution in [1.82, 2.24) is 20.4 Å². The molecule has 2 fully saturated rings. The number of aryl methyl sites for hydroxylation is 1. The van der Waals surface area contributed by atoms with Crippen molar-refractivity contribution in [1.29, 1.82) is 0 Å². The number of likely N-dealkylation sites (tertiary alicyclic amines) is 1. The fraction of sp³-hybridized carbons (Fsp3) is 0.667. The summed E-state index contributed by atoms with van der Waals surface area (Å²) >= 11 is 0. The van der Waals surface area contributed by atoms with Crippen LogP contribution in [0.2, 0.25) is 0 Å². The molecule has 2 amide bonds. The van der Waals surface area contributed by atoms with Gasteiger partial charge in [0.2, 0.25) is 5.88 Å². The van der Waals surface area contributed by atoms with Crippen molar-refractivity contribution in [2.75, 3.05) is 13.1 Å². The van der Waals surface area contributed by atoms with Crippen LogP contribution in [0.25, 0.3) is 0 Å². The number of carbonyl (C=O) groups excluding carboxylic acids is 1. The molecule has 1 atom stereocenters.